The second-order valence-corrected chi connectivity index (χ2v) is 5.05. The minimum Gasteiger partial charge on any atom is -0.314 e. The van der Waals surface area contributed by atoms with Crippen LogP contribution in [0.1, 0.15) is 58.3 Å². The van der Waals surface area contributed by atoms with Gasteiger partial charge < -0.3 is 5.32 Å². The predicted octanol–water partition coefficient (Wildman–Crippen LogP) is 3.90. The van der Waals surface area contributed by atoms with Gasteiger partial charge in [0.15, 0.2) is 0 Å². The first kappa shape index (κ1) is 12.8. The van der Waals surface area contributed by atoms with Crippen LogP contribution in [0.15, 0.2) is 12.7 Å². The summed E-state index contributed by atoms with van der Waals surface area (Å²) in [4.78, 5) is 0. The van der Waals surface area contributed by atoms with Crippen LogP contribution >= 0.6 is 0 Å². The summed E-state index contributed by atoms with van der Waals surface area (Å²) in [5.74, 6) is 0.968. The summed E-state index contributed by atoms with van der Waals surface area (Å²) in [7, 11) is 0. The molecule has 0 amide bonds. The Kier molecular flexibility index (Phi) is 6.74. The molecular formula is C14H27N. The van der Waals surface area contributed by atoms with Crippen LogP contribution < -0.4 is 5.32 Å². The van der Waals surface area contributed by atoms with E-state index in [0.717, 1.165) is 12.0 Å². The van der Waals surface area contributed by atoms with Gasteiger partial charge in [-0.15, -0.1) is 6.58 Å². The largest absolute Gasteiger partial charge is 0.314 e. The number of rotatable bonds is 7. The van der Waals surface area contributed by atoms with Gasteiger partial charge in [-0.05, 0) is 57.4 Å². The molecule has 0 aromatic heterocycles. The molecule has 1 aliphatic rings. The minimum atomic E-state index is 0.820. The van der Waals surface area contributed by atoms with E-state index >= 15 is 0 Å². The zero-order chi connectivity index (χ0) is 10.9. The van der Waals surface area contributed by atoms with Crippen LogP contribution in [0.25, 0.3) is 0 Å². The van der Waals surface area contributed by atoms with Crippen molar-refractivity contribution < 1.29 is 0 Å². The van der Waals surface area contributed by atoms with Crippen molar-refractivity contribution in [2.45, 2.75) is 64.3 Å². The van der Waals surface area contributed by atoms with Gasteiger partial charge in [-0.3, -0.25) is 0 Å². The Bertz CT molecular complexity index is 157. The molecule has 0 aliphatic heterocycles. The van der Waals surface area contributed by atoms with Gasteiger partial charge in [0.25, 0.3) is 0 Å². The third-order valence-electron chi connectivity index (χ3n) is 3.53. The maximum atomic E-state index is 3.74. The van der Waals surface area contributed by atoms with E-state index in [1.165, 1.54) is 57.9 Å². The van der Waals surface area contributed by atoms with E-state index in [1.807, 2.05) is 6.08 Å². The molecule has 15 heavy (non-hydrogen) atoms. The van der Waals surface area contributed by atoms with Crippen molar-refractivity contribution in [3.8, 4) is 0 Å². The van der Waals surface area contributed by atoms with Crippen LogP contribution in [0, 0.1) is 5.92 Å². The Hall–Kier alpha value is -0.300. The third-order valence-corrected chi connectivity index (χ3v) is 3.53. The molecule has 0 aromatic rings. The van der Waals surface area contributed by atoms with Crippen LogP contribution in [-0.4, -0.2) is 12.6 Å². The van der Waals surface area contributed by atoms with Crippen molar-refractivity contribution >= 4 is 0 Å². The van der Waals surface area contributed by atoms with Gasteiger partial charge in [0.1, 0.15) is 0 Å². The van der Waals surface area contributed by atoms with Crippen LogP contribution in [-0.2, 0) is 0 Å². The van der Waals surface area contributed by atoms with Crippen molar-refractivity contribution in [2.24, 2.45) is 5.92 Å². The summed E-state index contributed by atoms with van der Waals surface area (Å²) in [6.45, 7) is 7.34. The van der Waals surface area contributed by atoms with E-state index in [4.69, 9.17) is 0 Å². The van der Waals surface area contributed by atoms with Crippen LogP contribution in [0.3, 0.4) is 0 Å². The smallest absolute Gasteiger partial charge is 0.00672 e. The Morgan fingerprint density at radius 1 is 1.13 bits per heavy atom. The fourth-order valence-electron chi connectivity index (χ4n) is 2.36. The summed E-state index contributed by atoms with van der Waals surface area (Å²) in [6, 6.07) is 0.820. The van der Waals surface area contributed by atoms with Crippen LogP contribution in [0.2, 0.25) is 0 Å². The molecular weight excluding hydrogens is 182 g/mol. The van der Waals surface area contributed by atoms with Crippen LogP contribution in [0.4, 0.5) is 0 Å². The molecule has 1 nitrogen and oxygen atoms in total. The molecule has 88 valence electrons. The van der Waals surface area contributed by atoms with Crippen molar-refractivity contribution in [3.63, 3.8) is 0 Å². The Labute approximate surface area is 95.3 Å². The van der Waals surface area contributed by atoms with Gasteiger partial charge in [0.2, 0.25) is 0 Å². The highest BCUT2D eigenvalue weighted by Gasteiger charge is 2.16. The lowest BCUT2D eigenvalue weighted by atomic mass is 9.87. The lowest BCUT2D eigenvalue weighted by molar-refractivity contribution is 0.306. The Balaban J connectivity index is 1.89. The molecule has 0 atom stereocenters. The second-order valence-electron chi connectivity index (χ2n) is 5.05. The summed E-state index contributed by atoms with van der Waals surface area (Å²) in [5, 5.41) is 3.69. The monoisotopic (exact) mass is 209 g/mol. The number of nitrogens with one attached hydrogen (secondary N) is 1. The van der Waals surface area contributed by atoms with Gasteiger partial charge in [-0.2, -0.15) is 0 Å². The van der Waals surface area contributed by atoms with Gasteiger partial charge in [-0.25, -0.2) is 0 Å². The molecule has 1 N–H and O–H groups in total. The minimum absolute atomic E-state index is 0.820. The van der Waals surface area contributed by atoms with Crippen molar-refractivity contribution in [3.05, 3.63) is 12.7 Å². The molecule has 0 bridgehead atoms. The van der Waals surface area contributed by atoms with E-state index in [-0.39, 0.29) is 0 Å². The number of hydrogen-bond acceptors (Lipinski definition) is 1. The molecule has 1 rings (SSSR count). The van der Waals surface area contributed by atoms with Gasteiger partial charge in [-0.1, -0.05) is 19.4 Å². The maximum Gasteiger partial charge on any atom is 0.00672 e. The molecule has 0 spiro atoms. The molecule has 0 unspecified atom stereocenters. The highest BCUT2D eigenvalue weighted by Crippen LogP contribution is 2.23. The average molecular weight is 209 g/mol. The van der Waals surface area contributed by atoms with E-state index in [2.05, 4.69) is 18.8 Å². The first-order valence-electron chi connectivity index (χ1n) is 6.67. The molecule has 1 fully saturated rings. The van der Waals surface area contributed by atoms with E-state index in [0.29, 0.717) is 0 Å². The van der Waals surface area contributed by atoms with E-state index < -0.39 is 0 Å². The first-order chi connectivity index (χ1) is 7.33. The molecule has 0 saturated heterocycles. The highest BCUT2D eigenvalue weighted by molar-refractivity contribution is 4.75. The van der Waals surface area contributed by atoms with Gasteiger partial charge in [0, 0.05) is 6.04 Å². The Morgan fingerprint density at radius 2 is 1.87 bits per heavy atom. The van der Waals surface area contributed by atoms with Crippen molar-refractivity contribution in [1.82, 2.24) is 5.32 Å². The molecule has 0 aromatic carbocycles. The number of unbranched alkanes of at least 4 members (excludes halogenated alkanes) is 3. The van der Waals surface area contributed by atoms with E-state index in [1.54, 1.807) is 0 Å². The topological polar surface area (TPSA) is 12.0 Å². The lowest BCUT2D eigenvalue weighted by Gasteiger charge is -2.27. The second kappa shape index (κ2) is 7.92. The third kappa shape index (κ3) is 5.99. The van der Waals surface area contributed by atoms with Gasteiger partial charge >= 0.3 is 0 Å². The molecule has 1 saturated carbocycles. The van der Waals surface area contributed by atoms with Crippen molar-refractivity contribution in [2.75, 3.05) is 6.54 Å². The summed E-state index contributed by atoms with van der Waals surface area (Å²) >= 11 is 0. The quantitative estimate of drug-likeness (QED) is 0.495. The summed E-state index contributed by atoms with van der Waals surface area (Å²) in [5.41, 5.74) is 0. The number of allylic oxidation sites excluding steroid dienone is 1. The molecule has 1 heteroatoms. The number of hydrogen-bond donors (Lipinski definition) is 1. The lowest BCUT2D eigenvalue weighted by Crippen LogP contribution is -2.33. The van der Waals surface area contributed by atoms with Gasteiger partial charge in [0.05, 0.1) is 0 Å². The zero-order valence-electron chi connectivity index (χ0n) is 10.3. The fourth-order valence-corrected chi connectivity index (χ4v) is 2.36. The van der Waals surface area contributed by atoms with E-state index in [9.17, 15) is 0 Å². The normalized spacial score (nSPS) is 26.5. The Morgan fingerprint density at radius 3 is 2.53 bits per heavy atom. The summed E-state index contributed by atoms with van der Waals surface area (Å²) < 4.78 is 0. The first-order valence-corrected chi connectivity index (χ1v) is 6.67. The maximum absolute atomic E-state index is 3.74. The SMILES string of the molecule is C=CCCCCCNC1CCC(C)CC1. The average Bonchev–Trinajstić information content (AvgIpc) is 2.26. The highest BCUT2D eigenvalue weighted by atomic mass is 14.9. The summed E-state index contributed by atoms with van der Waals surface area (Å²) in [6.07, 6.45) is 12.8. The fraction of sp³-hybridized carbons (Fsp3) is 0.857. The molecule has 1 aliphatic carbocycles. The molecule has 0 radical (unpaired) electrons. The predicted molar refractivity (Wildman–Crippen MR) is 68.1 cm³/mol. The van der Waals surface area contributed by atoms with Crippen LogP contribution in [0.5, 0.6) is 0 Å². The standard InChI is InChI=1S/C14H27N/c1-3-4-5-6-7-12-15-14-10-8-13(2)9-11-14/h3,13-15H,1,4-12H2,2H3. The van der Waals surface area contributed by atoms with Crippen molar-refractivity contribution in [1.29, 1.82) is 0 Å². The molecule has 0 heterocycles. The zero-order valence-corrected chi connectivity index (χ0v) is 10.3.